The number of carbonyl (C=O) groups is 2. The molecule has 2 aromatic carbocycles. The number of benzene rings is 2. The second kappa shape index (κ2) is 9.14. The van der Waals surface area contributed by atoms with E-state index in [9.17, 15) is 27.2 Å². The number of nitrogens with one attached hydrogen (secondary N) is 1. The summed E-state index contributed by atoms with van der Waals surface area (Å²) < 4.78 is 52.3. The summed E-state index contributed by atoms with van der Waals surface area (Å²) in [6.07, 6.45) is -4.44. The van der Waals surface area contributed by atoms with Gasteiger partial charge >= 0.3 is 6.18 Å². The molecule has 11 heteroatoms. The predicted octanol–water partition coefficient (Wildman–Crippen LogP) is 5.43. The fourth-order valence-electron chi connectivity index (χ4n) is 3.29. The van der Waals surface area contributed by atoms with Gasteiger partial charge in [0.05, 0.1) is 22.8 Å². The zero-order chi connectivity index (χ0) is 23.8. The molecule has 4 rings (SSSR count). The Kier molecular flexibility index (Phi) is 6.44. The summed E-state index contributed by atoms with van der Waals surface area (Å²) in [7, 11) is 0. The molecular weight excluding hydrogens is 478 g/mol. The number of anilines is 1. The summed E-state index contributed by atoms with van der Waals surface area (Å²) in [5, 5.41) is 2.93. The Hall–Kier alpha value is -2.92. The lowest BCUT2D eigenvalue weighted by Crippen LogP contribution is -2.44. The Morgan fingerprint density at radius 2 is 1.82 bits per heavy atom. The number of carbonyl (C=O) groups excluding carboxylic acids is 2. The Morgan fingerprint density at radius 1 is 1.12 bits per heavy atom. The molecule has 1 N–H and O–H groups in total. The zero-order valence-electron chi connectivity index (χ0n) is 17.1. The molecule has 1 unspecified atom stereocenters. The summed E-state index contributed by atoms with van der Waals surface area (Å²) in [5.41, 5.74) is 0.142. The number of aryl methyl sites for hydroxylation is 1. The average Bonchev–Trinajstić information content (AvgIpc) is 3.41. The van der Waals surface area contributed by atoms with Crippen LogP contribution in [0.3, 0.4) is 0 Å². The van der Waals surface area contributed by atoms with E-state index in [0.717, 1.165) is 23.5 Å². The minimum absolute atomic E-state index is 0.0327. The van der Waals surface area contributed by atoms with E-state index in [0.29, 0.717) is 26.9 Å². The van der Waals surface area contributed by atoms with E-state index in [-0.39, 0.29) is 11.6 Å². The van der Waals surface area contributed by atoms with Gasteiger partial charge < -0.3 is 10.2 Å². The maximum atomic E-state index is 13.9. The van der Waals surface area contributed by atoms with E-state index in [2.05, 4.69) is 10.3 Å². The van der Waals surface area contributed by atoms with Crippen LogP contribution >= 0.6 is 23.1 Å². The number of alkyl halides is 3. The van der Waals surface area contributed by atoms with E-state index < -0.39 is 35.4 Å². The molecule has 0 saturated carbocycles. The fourth-order valence-corrected chi connectivity index (χ4v) is 5.47. The van der Waals surface area contributed by atoms with Crippen molar-refractivity contribution in [3.05, 3.63) is 70.5 Å². The second-order valence-electron chi connectivity index (χ2n) is 7.27. The smallest absolute Gasteiger partial charge is 0.322 e. The molecule has 2 amide bonds. The molecule has 1 aliphatic heterocycles. The van der Waals surface area contributed by atoms with Crippen LogP contribution in [-0.4, -0.2) is 39.4 Å². The molecule has 0 bridgehead atoms. The standard InChI is InChI=1S/C22H17F4N3O2S2/c1-12-18(33-20(27-12)13-6-8-14(9-7-13)22(24,25)26)21(31)29-11-32-10-17(29)19(30)28-16-5-3-2-4-15(16)23/h2-9,17H,10-11H2,1H3,(H,28,30). The number of thioether (sulfide) groups is 1. The molecule has 5 nitrogen and oxygen atoms in total. The Bertz CT molecular complexity index is 1200. The normalized spacial score (nSPS) is 16.2. The topological polar surface area (TPSA) is 62.3 Å². The van der Waals surface area contributed by atoms with Gasteiger partial charge in [-0.25, -0.2) is 9.37 Å². The van der Waals surface area contributed by atoms with Gasteiger partial charge in [0, 0.05) is 11.3 Å². The van der Waals surface area contributed by atoms with Gasteiger partial charge in [-0.2, -0.15) is 13.2 Å². The first-order valence-corrected chi connectivity index (χ1v) is 11.7. The number of thiazole rings is 1. The minimum atomic E-state index is -4.44. The van der Waals surface area contributed by atoms with E-state index in [1.54, 1.807) is 13.0 Å². The number of aromatic nitrogens is 1. The maximum absolute atomic E-state index is 13.9. The minimum Gasteiger partial charge on any atom is -0.322 e. The van der Waals surface area contributed by atoms with Gasteiger partial charge in [0.1, 0.15) is 21.7 Å². The summed E-state index contributed by atoms with van der Waals surface area (Å²) in [4.78, 5) is 32.0. The summed E-state index contributed by atoms with van der Waals surface area (Å²) in [6, 6.07) is 9.52. The van der Waals surface area contributed by atoms with Crippen LogP contribution < -0.4 is 5.32 Å². The summed E-state index contributed by atoms with van der Waals surface area (Å²) in [6.45, 7) is 1.63. The molecule has 2 heterocycles. The molecule has 172 valence electrons. The van der Waals surface area contributed by atoms with E-state index in [1.165, 1.54) is 47.0 Å². The van der Waals surface area contributed by atoms with Gasteiger partial charge in [-0.15, -0.1) is 23.1 Å². The van der Waals surface area contributed by atoms with Gasteiger partial charge in [0.2, 0.25) is 5.91 Å². The van der Waals surface area contributed by atoms with Crippen molar-refractivity contribution >= 4 is 40.6 Å². The molecule has 1 saturated heterocycles. The molecule has 0 aliphatic carbocycles. The number of amides is 2. The van der Waals surface area contributed by atoms with Crippen LogP contribution in [0.25, 0.3) is 10.6 Å². The first-order chi connectivity index (χ1) is 15.6. The third-order valence-electron chi connectivity index (χ3n) is 5.03. The van der Waals surface area contributed by atoms with Crippen molar-refractivity contribution in [1.29, 1.82) is 0 Å². The van der Waals surface area contributed by atoms with Gasteiger partial charge in [0.15, 0.2) is 0 Å². The average molecular weight is 496 g/mol. The molecule has 33 heavy (non-hydrogen) atoms. The summed E-state index contributed by atoms with van der Waals surface area (Å²) in [5.74, 6) is -0.837. The van der Waals surface area contributed by atoms with Crippen LogP contribution in [0, 0.1) is 12.7 Å². The molecule has 1 fully saturated rings. The molecule has 1 aliphatic rings. The largest absolute Gasteiger partial charge is 0.416 e. The van der Waals surface area contributed by atoms with Crippen molar-refractivity contribution in [1.82, 2.24) is 9.88 Å². The van der Waals surface area contributed by atoms with Crippen molar-refractivity contribution in [3.63, 3.8) is 0 Å². The Morgan fingerprint density at radius 3 is 2.48 bits per heavy atom. The molecule has 1 aromatic heterocycles. The van der Waals surface area contributed by atoms with Crippen LogP contribution in [0.1, 0.15) is 20.9 Å². The second-order valence-corrected chi connectivity index (χ2v) is 9.27. The Balaban J connectivity index is 1.53. The third kappa shape index (κ3) is 4.88. The first kappa shape index (κ1) is 23.2. The Labute approximate surface area is 194 Å². The highest BCUT2D eigenvalue weighted by atomic mass is 32.2. The summed E-state index contributed by atoms with van der Waals surface area (Å²) >= 11 is 2.45. The van der Waals surface area contributed by atoms with Gasteiger partial charge in [0.25, 0.3) is 5.91 Å². The van der Waals surface area contributed by atoms with Crippen molar-refractivity contribution in [2.24, 2.45) is 0 Å². The van der Waals surface area contributed by atoms with Crippen LogP contribution in [0.4, 0.5) is 23.2 Å². The SMILES string of the molecule is Cc1nc(-c2ccc(C(F)(F)F)cc2)sc1C(=O)N1CSCC1C(=O)Nc1ccccc1F. The van der Waals surface area contributed by atoms with E-state index >= 15 is 0 Å². The quantitative estimate of drug-likeness (QED) is 0.491. The lowest BCUT2D eigenvalue weighted by atomic mass is 10.1. The van der Waals surface area contributed by atoms with Crippen LogP contribution in [0.2, 0.25) is 0 Å². The highest BCUT2D eigenvalue weighted by Gasteiger charge is 2.37. The fraction of sp³-hybridized carbons (Fsp3) is 0.227. The van der Waals surface area contributed by atoms with E-state index in [4.69, 9.17) is 0 Å². The number of nitrogens with zero attached hydrogens (tertiary/aromatic N) is 2. The number of halogens is 4. The number of hydrogen-bond acceptors (Lipinski definition) is 5. The predicted molar refractivity (Wildman–Crippen MR) is 120 cm³/mol. The van der Waals surface area contributed by atoms with Crippen LogP contribution in [0.15, 0.2) is 48.5 Å². The van der Waals surface area contributed by atoms with Crippen molar-refractivity contribution in [2.75, 3.05) is 16.9 Å². The lowest BCUT2D eigenvalue weighted by Gasteiger charge is -2.22. The molecule has 0 radical (unpaired) electrons. The number of hydrogen-bond donors (Lipinski definition) is 1. The van der Waals surface area contributed by atoms with Crippen LogP contribution in [-0.2, 0) is 11.0 Å². The molecule has 0 spiro atoms. The number of para-hydroxylation sites is 1. The highest BCUT2D eigenvalue weighted by Crippen LogP contribution is 2.34. The molecular formula is C22H17F4N3O2S2. The first-order valence-electron chi connectivity index (χ1n) is 9.74. The maximum Gasteiger partial charge on any atom is 0.416 e. The van der Waals surface area contributed by atoms with Crippen molar-refractivity contribution in [2.45, 2.75) is 19.1 Å². The van der Waals surface area contributed by atoms with Crippen molar-refractivity contribution in [3.8, 4) is 10.6 Å². The zero-order valence-corrected chi connectivity index (χ0v) is 18.8. The van der Waals surface area contributed by atoms with Gasteiger partial charge in [-0.1, -0.05) is 24.3 Å². The monoisotopic (exact) mass is 495 g/mol. The van der Waals surface area contributed by atoms with E-state index in [1.807, 2.05) is 0 Å². The van der Waals surface area contributed by atoms with Gasteiger partial charge in [-0.3, -0.25) is 9.59 Å². The van der Waals surface area contributed by atoms with Crippen molar-refractivity contribution < 1.29 is 27.2 Å². The number of rotatable bonds is 4. The third-order valence-corrected chi connectivity index (χ3v) is 7.23. The molecule has 1 atom stereocenters. The lowest BCUT2D eigenvalue weighted by molar-refractivity contribution is -0.137. The highest BCUT2D eigenvalue weighted by molar-refractivity contribution is 7.99. The molecule has 3 aromatic rings. The van der Waals surface area contributed by atoms with Gasteiger partial charge in [-0.05, 0) is 31.2 Å². The van der Waals surface area contributed by atoms with Crippen LogP contribution in [0.5, 0.6) is 0 Å².